The molecule has 1 atom stereocenters. The van der Waals surface area contributed by atoms with E-state index in [1.165, 1.54) is 4.90 Å². The van der Waals surface area contributed by atoms with Gasteiger partial charge in [-0.2, -0.15) is 13.2 Å². The summed E-state index contributed by atoms with van der Waals surface area (Å²) in [6.45, 7) is 1.70. The second-order valence-electron chi connectivity index (χ2n) is 4.80. The maximum Gasteiger partial charge on any atom is 0.416 e. The number of piperazine rings is 1. The van der Waals surface area contributed by atoms with E-state index in [4.69, 9.17) is 11.6 Å². The van der Waals surface area contributed by atoms with Crippen molar-refractivity contribution < 1.29 is 22.0 Å². The van der Waals surface area contributed by atoms with Crippen molar-refractivity contribution in [2.45, 2.75) is 18.6 Å². The Morgan fingerprint density at radius 1 is 1.09 bits per heavy atom. The minimum absolute atomic E-state index is 0. The van der Waals surface area contributed by atoms with E-state index in [0.717, 1.165) is 18.2 Å². The van der Waals surface area contributed by atoms with E-state index in [0.29, 0.717) is 26.2 Å². The lowest BCUT2D eigenvalue weighted by Crippen LogP contribution is -2.47. The minimum Gasteiger partial charge on any atom is -0.314 e. The van der Waals surface area contributed by atoms with Crippen LogP contribution in [0.1, 0.15) is 17.2 Å². The molecule has 1 aliphatic rings. The summed E-state index contributed by atoms with van der Waals surface area (Å²) in [7, 11) is 0. The molecule has 0 spiro atoms. The quantitative estimate of drug-likeness (QED) is 0.755. The number of rotatable bonds is 3. The van der Waals surface area contributed by atoms with Gasteiger partial charge in [-0.3, -0.25) is 4.90 Å². The Morgan fingerprint density at radius 2 is 1.65 bits per heavy atom. The standard InChI is InChI=1S/C13H14ClF5N2.2ClH/c14-10-2-1-8(13(17,18)19)7-9(10)11(12(15)16)21-5-3-20-4-6-21;;/h1-2,7,11-12,20H,3-6H2;2*1H/t11-;;/m1../s1. The van der Waals surface area contributed by atoms with Gasteiger partial charge in [-0.1, -0.05) is 11.6 Å². The van der Waals surface area contributed by atoms with Crippen molar-refractivity contribution in [2.24, 2.45) is 0 Å². The number of benzene rings is 1. The summed E-state index contributed by atoms with van der Waals surface area (Å²) in [5, 5.41) is 2.93. The Balaban J connectivity index is 0.00000242. The highest BCUT2D eigenvalue weighted by Crippen LogP contribution is 2.37. The second kappa shape index (κ2) is 9.22. The lowest BCUT2D eigenvalue weighted by Gasteiger charge is -2.35. The maximum absolute atomic E-state index is 13.4. The number of nitrogens with zero attached hydrogens (tertiary/aromatic N) is 1. The second-order valence-corrected chi connectivity index (χ2v) is 5.21. The van der Waals surface area contributed by atoms with Crippen molar-refractivity contribution >= 4 is 36.4 Å². The third-order valence-electron chi connectivity index (χ3n) is 3.43. The molecule has 0 saturated carbocycles. The van der Waals surface area contributed by atoms with Gasteiger partial charge in [0.1, 0.15) is 0 Å². The van der Waals surface area contributed by atoms with Crippen molar-refractivity contribution in [3.05, 3.63) is 34.3 Å². The molecule has 1 aromatic rings. The number of hydrogen-bond donors (Lipinski definition) is 1. The largest absolute Gasteiger partial charge is 0.416 e. The monoisotopic (exact) mass is 400 g/mol. The molecule has 0 unspecified atom stereocenters. The molecule has 1 aromatic carbocycles. The molecule has 10 heteroatoms. The molecule has 1 heterocycles. The summed E-state index contributed by atoms with van der Waals surface area (Å²) in [4.78, 5) is 1.46. The van der Waals surface area contributed by atoms with Gasteiger partial charge in [0.15, 0.2) is 0 Å². The molecule has 0 aromatic heterocycles. The summed E-state index contributed by atoms with van der Waals surface area (Å²) in [6, 6.07) is 1.12. The molecule has 2 nitrogen and oxygen atoms in total. The SMILES string of the molecule is Cl.Cl.FC(F)[C@@H](c1cc(C(F)(F)F)ccc1Cl)N1CCNCC1. The summed E-state index contributed by atoms with van der Waals surface area (Å²) in [5.41, 5.74) is -1.15. The number of nitrogens with one attached hydrogen (secondary N) is 1. The molecule has 2 rings (SSSR count). The zero-order valence-corrected chi connectivity index (χ0v) is 14.1. The van der Waals surface area contributed by atoms with Crippen LogP contribution in [0.15, 0.2) is 18.2 Å². The Labute approximate surface area is 148 Å². The van der Waals surface area contributed by atoms with Gasteiger partial charge < -0.3 is 5.32 Å². The normalized spacial score (nSPS) is 17.3. The number of halogens is 8. The van der Waals surface area contributed by atoms with Gasteiger partial charge in [0, 0.05) is 31.2 Å². The third kappa shape index (κ3) is 5.60. The first kappa shape index (κ1) is 22.7. The molecule has 1 aliphatic heterocycles. The fourth-order valence-corrected chi connectivity index (χ4v) is 2.63. The van der Waals surface area contributed by atoms with Crippen LogP contribution in [0, 0.1) is 0 Å². The van der Waals surface area contributed by atoms with Crippen LogP contribution in [0.5, 0.6) is 0 Å². The van der Waals surface area contributed by atoms with Gasteiger partial charge in [0.25, 0.3) is 6.43 Å². The van der Waals surface area contributed by atoms with Crippen LogP contribution in [-0.2, 0) is 6.18 Å². The van der Waals surface area contributed by atoms with Gasteiger partial charge in [0.05, 0.1) is 11.6 Å². The van der Waals surface area contributed by atoms with Crippen LogP contribution < -0.4 is 5.32 Å². The summed E-state index contributed by atoms with van der Waals surface area (Å²) in [6.07, 6.45) is -7.40. The van der Waals surface area contributed by atoms with Crippen molar-refractivity contribution in [1.29, 1.82) is 0 Å². The van der Waals surface area contributed by atoms with E-state index in [-0.39, 0.29) is 35.4 Å². The molecule has 1 N–H and O–H groups in total. The molecule has 0 amide bonds. The Hall–Kier alpha value is -0.340. The fourth-order valence-electron chi connectivity index (χ4n) is 2.40. The highest BCUT2D eigenvalue weighted by atomic mass is 35.5. The predicted octanol–water partition coefficient (Wildman–Crippen LogP) is 4.41. The zero-order valence-electron chi connectivity index (χ0n) is 11.7. The molecule has 1 saturated heterocycles. The average Bonchev–Trinajstić information content (AvgIpc) is 2.40. The van der Waals surface area contributed by atoms with E-state index < -0.39 is 24.2 Å². The molecule has 0 radical (unpaired) electrons. The topological polar surface area (TPSA) is 15.3 Å². The van der Waals surface area contributed by atoms with Gasteiger partial charge >= 0.3 is 6.18 Å². The Kier molecular flexibility index (Phi) is 9.09. The summed E-state index contributed by atoms with van der Waals surface area (Å²) < 4.78 is 65.0. The van der Waals surface area contributed by atoms with E-state index >= 15 is 0 Å². The molecular formula is C13H16Cl3F5N2. The van der Waals surface area contributed by atoms with E-state index in [1.807, 2.05) is 0 Å². The van der Waals surface area contributed by atoms with Gasteiger partial charge in [-0.15, -0.1) is 24.8 Å². The fraction of sp³-hybridized carbons (Fsp3) is 0.538. The maximum atomic E-state index is 13.4. The van der Waals surface area contributed by atoms with Crippen LogP contribution in [0.4, 0.5) is 22.0 Å². The highest BCUT2D eigenvalue weighted by Gasteiger charge is 2.35. The molecule has 0 bridgehead atoms. The van der Waals surface area contributed by atoms with Gasteiger partial charge in [-0.25, -0.2) is 8.78 Å². The first-order chi connectivity index (χ1) is 9.80. The lowest BCUT2D eigenvalue weighted by molar-refractivity contribution is -0.137. The smallest absolute Gasteiger partial charge is 0.314 e. The van der Waals surface area contributed by atoms with Gasteiger partial charge in [0.2, 0.25) is 0 Å². The Bertz CT molecular complexity index is 493. The van der Waals surface area contributed by atoms with E-state index in [2.05, 4.69) is 5.32 Å². The molecule has 134 valence electrons. The lowest BCUT2D eigenvalue weighted by atomic mass is 10.0. The minimum atomic E-state index is -4.59. The predicted molar refractivity (Wildman–Crippen MR) is 84.1 cm³/mol. The third-order valence-corrected chi connectivity index (χ3v) is 3.77. The van der Waals surface area contributed by atoms with Crippen molar-refractivity contribution in [3.8, 4) is 0 Å². The van der Waals surface area contributed by atoms with Crippen LogP contribution in [-0.4, -0.2) is 37.5 Å². The van der Waals surface area contributed by atoms with Crippen molar-refractivity contribution in [3.63, 3.8) is 0 Å². The first-order valence-corrected chi connectivity index (χ1v) is 6.78. The first-order valence-electron chi connectivity index (χ1n) is 6.40. The molecule has 23 heavy (non-hydrogen) atoms. The number of hydrogen-bond acceptors (Lipinski definition) is 2. The average molecular weight is 402 g/mol. The molecular weight excluding hydrogens is 386 g/mol. The molecule has 0 aliphatic carbocycles. The highest BCUT2D eigenvalue weighted by molar-refractivity contribution is 6.31. The van der Waals surface area contributed by atoms with Crippen molar-refractivity contribution in [1.82, 2.24) is 10.2 Å². The van der Waals surface area contributed by atoms with Crippen molar-refractivity contribution in [2.75, 3.05) is 26.2 Å². The van der Waals surface area contributed by atoms with Crippen LogP contribution in [0.3, 0.4) is 0 Å². The van der Waals surface area contributed by atoms with E-state index in [1.54, 1.807) is 0 Å². The zero-order chi connectivity index (χ0) is 15.6. The number of alkyl halides is 5. The van der Waals surface area contributed by atoms with Crippen LogP contribution in [0.25, 0.3) is 0 Å². The van der Waals surface area contributed by atoms with Crippen LogP contribution in [0.2, 0.25) is 5.02 Å². The Morgan fingerprint density at radius 3 is 2.13 bits per heavy atom. The van der Waals surface area contributed by atoms with Gasteiger partial charge in [-0.05, 0) is 23.8 Å². The van der Waals surface area contributed by atoms with Crippen LogP contribution >= 0.6 is 36.4 Å². The summed E-state index contributed by atoms with van der Waals surface area (Å²) in [5.74, 6) is 0. The molecule has 1 fully saturated rings. The van der Waals surface area contributed by atoms with E-state index in [9.17, 15) is 22.0 Å². The summed E-state index contributed by atoms with van der Waals surface area (Å²) >= 11 is 5.86.